The Morgan fingerprint density at radius 2 is 1.77 bits per heavy atom. The van der Waals surface area contributed by atoms with Gasteiger partial charge < -0.3 is 15.0 Å². The van der Waals surface area contributed by atoms with Gasteiger partial charge in [-0.1, -0.05) is 29.8 Å². The molecule has 0 spiro atoms. The van der Waals surface area contributed by atoms with Crippen LogP contribution < -0.4 is 15.0 Å². The highest BCUT2D eigenvalue weighted by Crippen LogP contribution is 2.28. The highest BCUT2D eigenvalue weighted by Gasteiger charge is 2.35. The Morgan fingerprint density at radius 1 is 1.10 bits per heavy atom. The summed E-state index contributed by atoms with van der Waals surface area (Å²) in [7, 11) is 1.66. The van der Waals surface area contributed by atoms with Crippen LogP contribution in [0.15, 0.2) is 48.5 Å². The van der Waals surface area contributed by atoms with Crippen LogP contribution in [0.2, 0.25) is 0 Å². The average molecular weight is 422 g/mol. The molecule has 2 aliphatic rings. The predicted molar refractivity (Wildman–Crippen MR) is 121 cm³/mol. The fourth-order valence-electron chi connectivity index (χ4n) is 4.54. The van der Waals surface area contributed by atoms with E-state index in [0.29, 0.717) is 13.1 Å². The molecule has 2 saturated heterocycles. The molecule has 6 heteroatoms. The van der Waals surface area contributed by atoms with Crippen LogP contribution in [0.5, 0.6) is 5.75 Å². The molecule has 2 amide bonds. The van der Waals surface area contributed by atoms with Crippen molar-refractivity contribution in [1.82, 2.24) is 10.2 Å². The van der Waals surface area contributed by atoms with Gasteiger partial charge in [0.1, 0.15) is 5.75 Å². The molecule has 0 bridgehead atoms. The molecule has 2 atom stereocenters. The molecule has 2 aromatic carbocycles. The summed E-state index contributed by atoms with van der Waals surface area (Å²) in [5, 5.41) is 3.14. The van der Waals surface area contributed by atoms with Crippen molar-refractivity contribution in [2.24, 2.45) is 5.92 Å². The first-order valence-corrected chi connectivity index (χ1v) is 11.1. The number of benzene rings is 2. The number of aryl methyl sites for hydroxylation is 1. The lowest BCUT2D eigenvalue weighted by molar-refractivity contribution is -0.126. The molecule has 2 aromatic rings. The fourth-order valence-corrected chi connectivity index (χ4v) is 4.54. The van der Waals surface area contributed by atoms with Crippen LogP contribution in [0.3, 0.4) is 0 Å². The van der Waals surface area contributed by atoms with Crippen LogP contribution >= 0.6 is 0 Å². The Bertz CT molecular complexity index is 905. The maximum Gasteiger partial charge on any atom is 0.227 e. The molecule has 4 rings (SSSR count). The molecular formula is C25H31N3O3. The van der Waals surface area contributed by atoms with Crippen LogP contribution in [0.1, 0.15) is 36.4 Å². The second kappa shape index (κ2) is 9.52. The molecular weight excluding hydrogens is 390 g/mol. The summed E-state index contributed by atoms with van der Waals surface area (Å²) in [6, 6.07) is 16.1. The summed E-state index contributed by atoms with van der Waals surface area (Å²) < 4.78 is 5.28. The Morgan fingerprint density at radius 3 is 2.42 bits per heavy atom. The monoisotopic (exact) mass is 421 g/mol. The molecule has 0 unspecified atom stereocenters. The SMILES string of the molecule is COc1ccc([C@H](CNC(=O)[C@@H]2CC(=O)N(c3ccc(C)cc3)C2)N2CCCC2)cc1. The Hall–Kier alpha value is -2.86. The minimum Gasteiger partial charge on any atom is -0.497 e. The van der Waals surface area contributed by atoms with Crippen LogP contribution in [0.25, 0.3) is 0 Å². The number of nitrogens with zero attached hydrogens (tertiary/aromatic N) is 2. The average Bonchev–Trinajstić information content (AvgIpc) is 3.45. The van der Waals surface area contributed by atoms with Crippen LogP contribution in [0.4, 0.5) is 5.69 Å². The molecule has 164 valence electrons. The molecule has 0 aromatic heterocycles. The number of carbonyl (C=O) groups excluding carboxylic acids is 2. The van der Waals surface area contributed by atoms with Gasteiger partial charge in [0.05, 0.1) is 19.1 Å². The number of rotatable bonds is 7. The first kappa shape index (κ1) is 21.4. The zero-order valence-electron chi connectivity index (χ0n) is 18.3. The van der Waals surface area contributed by atoms with Gasteiger partial charge in [0.25, 0.3) is 0 Å². The summed E-state index contributed by atoms with van der Waals surface area (Å²) in [5.41, 5.74) is 3.18. The number of ether oxygens (including phenoxy) is 1. The first-order valence-electron chi connectivity index (χ1n) is 11.1. The van der Waals surface area contributed by atoms with E-state index in [2.05, 4.69) is 22.3 Å². The van der Waals surface area contributed by atoms with E-state index < -0.39 is 0 Å². The molecule has 0 saturated carbocycles. The van der Waals surface area contributed by atoms with E-state index >= 15 is 0 Å². The van der Waals surface area contributed by atoms with Crippen molar-refractivity contribution < 1.29 is 14.3 Å². The number of methoxy groups -OCH3 is 1. The maximum absolute atomic E-state index is 12.9. The molecule has 1 N–H and O–H groups in total. The lowest BCUT2D eigenvalue weighted by atomic mass is 10.0. The lowest BCUT2D eigenvalue weighted by Gasteiger charge is -2.28. The minimum absolute atomic E-state index is 0.00949. The molecule has 2 heterocycles. The number of anilines is 1. The Labute approximate surface area is 184 Å². The van der Waals surface area contributed by atoms with Gasteiger partial charge >= 0.3 is 0 Å². The van der Waals surface area contributed by atoms with E-state index in [4.69, 9.17) is 4.74 Å². The molecule has 31 heavy (non-hydrogen) atoms. The number of hydrogen-bond donors (Lipinski definition) is 1. The quantitative estimate of drug-likeness (QED) is 0.745. The number of nitrogens with one attached hydrogen (secondary N) is 1. The van der Waals surface area contributed by atoms with Crippen molar-refractivity contribution in [2.75, 3.05) is 38.2 Å². The van der Waals surface area contributed by atoms with Crippen molar-refractivity contribution in [3.63, 3.8) is 0 Å². The van der Waals surface area contributed by atoms with E-state index in [0.717, 1.165) is 30.1 Å². The van der Waals surface area contributed by atoms with Gasteiger partial charge in [0.2, 0.25) is 11.8 Å². The summed E-state index contributed by atoms with van der Waals surface area (Å²) >= 11 is 0. The third-order valence-corrected chi connectivity index (χ3v) is 6.39. The second-order valence-corrected chi connectivity index (χ2v) is 8.52. The van der Waals surface area contributed by atoms with Crippen molar-refractivity contribution in [3.8, 4) is 5.75 Å². The number of carbonyl (C=O) groups is 2. The normalized spacial score (nSPS) is 20.1. The highest BCUT2D eigenvalue weighted by molar-refractivity contribution is 6.00. The molecule has 0 aliphatic carbocycles. The summed E-state index contributed by atoms with van der Waals surface area (Å²) in [6.45, 7) is 5.07. The molecule has 6 nitrogen and oxygen atoms in total. The topological polar surface area (TPSA) is 61.9 Å². The van der Waals surface area contributed by atoms with E-state index in [-0.39, 0.29) is 30.2 Å². The standard InChI is InChI=1S/C25H31N3O3/c1-18-5-9-21(10-6-18)28-17-20(15-24(28)29)25(30)26-16-23(27-13-3-4-14-27)19-7-11-22(31-2)12-8-19/h5-12,20,23H,3-4,13-17H2,1-2H3,(H,26,30)/t20-,23+/m1/s1. The van der Waals surface area contributed by atoms with Crippen molar-refractivity contribution in [1.29, 1.82) is 0 Å². The molecule has 2 fully saturated rings. The van der Waals surface area contributed by atoms with E-state index in [1.165, 1.54) is 18.4 Å². The van der Waals surface area contributed by atoms with Crippen LogP contribution in [-0.2, 0) is 9.59 Å². The minimum atomic E-state index is -0.316. The van der Waals surface area contributed by atoms with Gasteiger partial charge in [0.15, 0.2) is 0 Å². The van der Waals surface area contributed by atoms with E-state index in [1.807, 2.05) is 43.3 Å². The largest absolute Gasteiger partial charge is 0.497 e. The zero-order chi connectivity index (χ0) is 21.8. The highest BCUT2D eigenvalue weighted by atomic mass is 16.5. The fraction of sp³-hybridized carbons (Fsp3) is 0.440. The van der Waals surface area contributed by atoms with Gasteiger partial charge in [-0.25, -0.2) is 0 Å². The summed E-state index contributed by atoms with van der Waals surface area (Å²) in [6.07, 6.45) is 2.63. The zero-order valence-corrected chi connectivity index (χ0v) is 18.3. The summed E-state index contributed by atoms with van der Waals surface area (Å²) in [5.74, 6) is 0.480. The number of hydrogen-bond acceptors (Lipinski definition) is 4. The van der Waals surface area contributed by atoms with Gasteiger partial charge in [-0.15, -0.1) is 0 Å². The maximum atomic E-state index is 12.9. The van der Waals surface area contributed by atoms with E-state index in [1.54, 1.807) is 12.0 Å². The molecule has 2 aliphatic heterocycles. The van der Waals surface area contributed by atoms with Gasteiger partial charge in [-0.05, 0) is 62.7 Å². The smallest absolute Gasteiger partial charge is 0.227 e. The van der Waals surface area contributed by atoms with Gasteiger partial charge in [-0.2, -0.15) is 0 Å². The van der Waals surface area contributed by atoms with E-state index in [9.17, 15) is 9.59 Å². The summed E-state index contributed by atoms with van der Waals surface area (Å²) in [4.78, 5) is 29.6. The number of amides is 2. The van der Waals surface area contributed by atoms with Crippen molar-refractivity contribution >= 4 is 17.5 Å². The van der Waals surface area contributed by atoms with Crippen LogP contribution in [0, 0.1) is 12.8 Å². The van der Waals surface area contributed by atoms with Gasteiger partial charge in [0, 0.05) is 25.2 Å². The Balaban J connectivity index is 1.40. The predicted octanol–water partition coefficient (Wildman–Crippen LogP) is 3.31. The molecule has 0 radical (unpaired) electrons. The lowest BCUT2D eigenvalue weighted by Crippen LogP contribution is -2.40. The van der Waals surface area contributed by atoms with Crippen LogP contribution in [-0.4, -0.2) is 50.0 Å². The third-order valence-electron chi connectivity index (χ3n) is 6.39. The van der Waals surface area contributed by atoms with Gasteiger partial charge in [-0.3, -0.25) is 14.5 Å². The number of likely N-dealkylation sites (tertiary alicyclic amines) is 1. The second-order valence-electron chi connectivity index (χ2n) is 8.52. The van der Waals surface area contributed by atoms with Crippen molar-refractivity contribution in [3.05, 3.63) is 59.7 Å². The first-order chi connectivity index (χ1) is 15.0. The van der Waals surface area contributed by atoms with Crippen molar-refractivity contribution in [2.45, 2.75) is 32.2 Å². The third kappa shape index (κ3) is 4.90. The Kier molecular flexibility index (Phi) is 6.56.